The van der Waals surface area contributed by atoms with E-state index in [9.17, 15) is 9.59 Å². The normalized spacial score (nSPS) is 17.6. The molecule has 302 valence electrons. The third-order valence-corrected chi connectivity index (χ3v) is 11.6. The maximum absolute atomic E-state index is 12.1. The standard InChI is InChI=1S/C16H28BNO4.C16H19BrClNO2.C6H3BrClI.2CH4/c1-14(2,3)20-13(19)18-10-8-12(9-11-18)17-21-15(4,5)16(6,7)22-17;1-16(2,3)21-15(20)19-8-6-11(7-9-19)12-4-5-13(17)14(18)10-12;7-5-2-1-4(9)3-6(5)8;;/h8H,9-11H2,1-7H3;4-6,10H,7-9H2,1-3H3;1-3H;2*1H4. The van der Waals surface area contributed by atoms with Gasteiger partial charge in [-0.2, -0.15) is 0 Å². The number of halogens is 5. The first-order valence-corrected chi connectivity index (χ1v) is 20.5. The molecule has 0 unspecified atom stereocenters. The summed E-state index contributed by atoms with van der Waals surface area (Å²) in [4.78, 5) is 27.5. The highest BCUT2D eigenvalue weighted by Gasteiger charge is 2.52. The van der Waals surface area contributed by atoms with Crippen molar-refractivity contribution in [1.82, 2.24) is 9.80 Å². The van der Waals surface area contributed by atoms with Crippen LogP contribution in [0, 0.1) is 3.57 Å². The van der Waals surface area contributed by atoms with Crippen LogP contribution in [0.4, 0.5) is 9.59 Å². The van der Waals surface area contributed by atoms with E-state index in [2.05, 4.69) is 60.5 Å². The highest BCUT2D eigenvalue weighted by atomic mass is 127. The second kappa shape index (κ2) is 20.9. The Hall–Kier alpha value is -1.29. The van der Waals surface area contributed by atoms with E-state index in [0.29, 0.717) is 31.2 Å². The quantitative estimate of drug-likeness (QED) is 0.169. The van der Waals surface area contributed by atoms with Crippen LogP contribution in [0.15, 0.2) is 63.0 Å². The molecule has 5 rings (SSSR count). The Morgan fingerprint density at radius 2 is 1.20 bits per heavy atom. The van der Waals surface area contributed by atoms with Crippen LogP contribution in [0.5, 0.6) is 0 Å². The Kier molecular flexibility index (Phi) is 19.7. The van der Waals surface area contributed by atoms with Gasteiger partial charge in [0.1, 0.15) is 11.2 Å². The third-order valence-electron chi connectivity index (χ3n) is 8.48. The maximum Gasteiger partial charge on any atom is 0.490 e. The molecule has 0 saturated carbocycles. The lowest BCUT2D eigenvalue weighted by atomic mass is 9.75. The van der Waals surface area contributed by atoms with E-state index < -0.39 is 11.2 Å². The summed E-state index contributed by atoms with van der Waals surface area (Å²) >= 11 is 20.8. The molecule has 0 atom stereocenters. The van der Waals surface area contributed by atoms with Gasteiger partial charge in [-0.15, -0.1) is 0 Å². The van der Waals surface area contributed by atoms with Crippen LogP contribution in [-0.2, 0) is 18.8 Å². The van der Waals surface area contributed by atoms with Crippen molar-refractivity contribution in [2.45, 2.75) is 119 Å². The van der Waals surface area contributed by atoms with Gasteiger partial charge in [0.15, 0.2) is 0 Å². The zero-order valence-corrected chi connectivity index (χ0v) is 38.5. The SMILES string of the molecule is C.C.CC(C)(C)OC(=O)N1CC=C(B2OC(C)(C)C(C)(C)O2)CC1.CC(C)(C)OC(=O)N1CC=C(c2ccc(Br)c(Cl)c2)CC1.Clc1cc(I)ccc1Br. The van der Waals surface area contributed by atoms with E-state index in [1.165, 1.54) is 5.57 Å². The van der Waals surface area contributed by atoms with Crippen molar-refractivity contribution in [3.8, 4) is 0 Å². The van der Waals surface area contributed by atoms with Gasteiger partial charge in [-0.05, 0) is 183 Å². The van der Waals surface area contributed by atoms with Crippen molar-refractivity contribution < 1.29 is 28.4 Å². The summed E-state index contributed by atoms with van der Waals surface area (Å²) < 4.78 is 25.9. The molecule has 0 N–H and O–H groups in total. The first-order chi connectivity index (χ1) is 23.9. The smallest absolute Gasteiger partial charge is 0.444 e. The lowest BCUT2D eigenvalue weighted by Gasteiger charge is -2.32. The predicted molar refractivity (Wildman–Crippen MR) is 241 cm³/mol. The minimum Gasteiger partial charge on any atom is -0.444 e. The minimum absolute atomic E-state index is 0. The van der Waals surface area contributed by atoms with Gasteiger partial charge >= 0.3 is 19.3 Å². The summed E-state index contributed by atoms with van der Waals surface area (Å²) in [6, 6.07) is 11.8. The van der Waals surface area contributed by atoms with Gasteiger partial charge in [0, 0.05) is 38.7 Å². The van der Waals surface area contributed by atoms with Crippen molar-refractivity contribution in [2.24, 2.45) is 0 Å². The molecule has 54 heavy (non-hydrogen) atoms. The second-order valence-corrected chi connectivity index (χ2v) is 19.4. The predicted octanol–water partition coefficient (Wildman–Crippen LogP) is 13.3. The van der Waals surface area contributed by atoms with Gasteiger partial charge in [-0.25, -0.2) is 9.59 Å². The van der Waals surface area contributed by atoms with Crippen LogP contribution in [0.1, 0.15) is 102 Å². The van der Waals surface area contributed by atoms with E-state index in [0.717, 1.165) is 41.4 Å². The Morgan fingerprint density at radius 3 is 1.57 bits per heavy atom. The summed E-state index contributed by atoms with van der Waals surface area (Å²) in [5.41, 5.74) is 1.84. The zero-order chi connectivity index (χ0) is 39.2. The number of hydrogen-bond donors (Lipinski definition) is 0. The number of benzene rings is 2. The largest absolute Gasteiger partial charge is 0.490 e. The summed E-state index contributed by atoms with van der Waals surface area (Å²) in [6.07, 6.45) is 5.11. The molecule has 2 aromatic carbocycles. The average molecular weight is 1030 g/mol. The fourth-order valence-corrected chi connectivity index (χ4v) is 6.51. The van der Waals surface area contributed by atoms with Crippen molar-refractivity contribution in [2.75, 3.05) is 26.2 Å². The number of hydrogen-bond acceptors (Lipinski definition) is 6. The van der Waals surface area contributed by atoms with Gasteiger partial charge in [-0.1, -0.05) is 56.3 Å². The molecule has 1 fully saturated rings. The van der Waals surface area contributed by atoms with Crippen LogP contribution in [-0.4, -0.2) is 77.7 Å². The molecule has 2 amide bonds. The molecule has 14 heteroatoms. The minimum atomic E-state index is -0.465. The molecule has 0 aliphatic carbocycles. The van der Waals surface area contributed by atoms with Crippen LogP contribution in [0.3, 0.4) is 0 Å². The summed E-state index contributed by atoms with van der Waals surface area (Å²) in [7, 11) is -0.314. The molecule has 0 spiro atoms. The summed E-state index contributed by atoms with van der Waals surface area (Å²) in [5.74, 6) is 0. The molecule has 2 aromatic rings. The van der Waals surface area contributed by atoms with E-state index >= 15 is 0 Å². The molecule has 0 radical (unpaired) electrons. The van der Waals surface area contributed by atoms with E-state index in [-0.39, 0.29) is 45.4 Å². The average Bonchev–Trinajstić information content (AvgIpc) is 3.25. The van der Waals surface area contributed by atoms with Gasteiger partial charge < -0.3 is 28.6 Å². The highest BCUT2D eigenvalue weighted by Crippen LogP contribution is 2.39. The van der Waals surface area contributed by atoms with E-state index in [1.54, 1.807) is 9.80 Å². The number of carbonyl (C=O) groups is 2. The molecule has 0 bridgehead atoms. The lowest BCUT2D eigenvalue weighted by Crippen LogP contribution is -2.41. The first kappa shape index (κ1) is 50.7. The summed E-state index contributed by atoms with van der Waals surface area (Å²) in [5, 5.41) is 1.46. The first-order valence-electron chi connectivity index (χ1n) is 17.1. The van der Waals surface area contributed by atoms with Crippen LogP contribution in [0.25, 0.3) is 5.57 Å². The number of ether oxygens (including phenoxy) is 2. The van der Waals surface area contributed by atoms with E-state index in [4.69, 9.17) is 42.0 Å². The van der Waals surface area contributed by atoms with Crippen LogP contribution < -0.4 is 0 Å². The molecule has 0 aromatic heterocycles. The van der Waals surface area contributed by atoms with Crippen LogP contribution >= 0.6 is 77.7 Å². The lowest BCUT2D eigenvalue weighted by molar-refractivity contribution is 0.00578. The van der Waals surface area contributed by atoms with Gasteiger partial charge in [-0.3, -0.25) is 0 Å². The number of amides is 2. The molecule has 3 aliphatic rings. The monoisotopic (exact) mass is 1030 g/mol. The summed E-state index contributed by atoms with van der Waals surface area (Å²) in [6.45, 7) is 21.8. The molecule has 3 heterocycles. The van der Waals surface area contributed by atoms with Crippen molar-refractivity contribution in [3.63, 3.8) is 0 Å². The Balaban J connectivity index is 0.000000428. The number of rotatable bonds is 2. The van der Waals surface area contributed by atoms with Crippen molar-refractivity contribution in [3.05, 3.63) is 82.1 Å². The fourth-order valence-electron chi connectivity index (χ4n) is 4.98. The Labute approximate surface area is 365 Å². The highest BCUT2D eigenvalue weighted by molar-refractivity contribution is 14.1. The number of nitrogens with zero attached hydrogens (tertiary/aromatic N) is 2. The van der Waals surface area contributed by atoms with Crippen LogP contribution in [0.2, 0.25) is 10.0 Å². The van der Waals surface area contributed by atoms with Gasteiger partial charge in [0.25, 0.3) is 0 Å². The van der Waals surface area contributed by atoms with Gasteiger partial charge in [0.05, 0.1) is 21.2 Å². The topological polar surface area (TPSA) is 77.5 Å². The van der Waals surface area contributed by atoms with Crippen molar-refractivity contribution >= 4 is 103 Å². The van der Waals surface area contributed by atoms with E-state index in [1.807, 2.05) is 112 Å². The molecular formula is C40H58BBr2Cl2IN2O6. The fraction of sp³-hybridized carbons (Fsp3) is 0.550. The molecule has 8 nitrogen and oxygen atoms in total. The van der Waals surface area contributed by atoms with Crippen molar-refractivity contribution in [1.29, 1.82) is 0 Å². The molecular weight excluding hydrogens is 973 g/mol. The molecule has 1 saturated heterocycles. The maximum atomic E-state index is 12.1. The number of carbonyl (C=O) groups excluding carboxylic acids is 2. The Bertz CT molecular complexity index is 1640. The third kappa shape index (κ3) is 15.6. The second-order valence-electron chi connectivity index (χ2n) is 15.6. The molecule has 3 aliphatic heterocycles. The Morgan fingerprint density at radius 1 is 0.759 bits per heavy atom. The zero-order valence-electron chi connectivity index (χ0n) is 31.7. The van der Waals surface area contributed by atoms with Gasteiger partial charge in [0.2, 0.25) is 0 Å².